The first-order valence-electron chi connectivity index (χ1n) is 9.53. The van der Waals surface area contributed by atoms with E-state index < -0.39 is 30.0 Å². The highest BCUT2D eigenvalue weighted by molar-refractivity contribution is 6.30. The summed E-state index contributed by atoms with van der Waals surface area (Å²) >= 11 is 5.95. The smallest absolute Gasteiger partial charge is 0.323 e. The Morgan fingerprint density at radius 1 is 1.00 bits per heavy atom. The van der Waals surface area contributed by atoms with Crippen molar-refractivity contribution in [2.75, 3.05) is 36.8 Å². The molecule has 0 spiro atoms. The number of nitrogens with one attached hydrogen (secondary N) is 3. The summed E-state index contributed by atoms with van der Waals surface area (Å²) in [5.74, 6) is -1.07. The number of hydrogen-bond donors (Lipinski definition) is 4. The minimum atomic E-state index is -1.21. The van der Waals surface area contributed by atoms with Crippen molar-refractivity contribution >= 4 is 40.9 Å². The van der Waals surface area contributed by atoms with Gasteiger partial charge in [-0.2, -0.15) is 0 Å². The average molecular weight is 449 g/mol. The normalized spacial score (nSPS) is 15.5. The van der Waals surface area contributed by atoms with E-state index in [1.807, 2.05) is 0 Å². The van der Waals surface area contributed by atoms with E-state index in [4.69, 9.17) is 17.3 Å². The van der Waals surface area contributed by atoms with Crippen molar-refractivity contribution in [3.05, 3.63) is 59.4 Å². The van der Waals surface area contributed by atoms with Gasteiger partial charge in [0.05, 0.1) is 0 Å². The predicted octanol–water partition coefficient (Wildman–Crippen LogP) is 2.26. The second-order valence-electron chi connectivity index (χ2n) is 6.72. The van der Waals surface area contributed by atoms with Crippen molar-refractivity contribution in [2.45, 2.75) is 6.17 Å². The predicted molar refractivity (Wildman–Crippen MR) is 115 cm³/mol. The highest BCUT2D eigenvalue weighted by Crippen LogP contribution is 2.21. The highest BCUT2D eigenvalue weighted by Gasteiger charge is 2.42. The number of urea groups is 2. The van der Waals surface area contributed by atoms with Gasteiger partial charge < -0.3 is 21.7 Å². The summed E-state index contributed by atoms with van der Waals surface area (Å²) in [4.78, 5) is 40.8. The van der Waals surface area contributed by atoms with Gasteiger partial charge in [0.1, 0.15) is 5.82 Å². The summed E-state index contributed by atoms with van der Waals surface area (Å²) in [5, 5.41) is 8.26. The first-order chi connectivity index (χ1) is 14.9. The van der Waals surface area contributed by atoms with E-state index in [1.54, 1.807) is 24.3 Å². The number of nitrogens with two attached hydrogens (primary N) is 1. The van der Waals surface area contributed by atoms with E-state index in [2.05, 4.69) is 16.0 Å². The molecule has 0 bridgehead atoms. The van der Waals surface area contributed by atoms with Crippen molar-refractivity contribution in [2.24, 2.45) is 5.73 Å². The fourth-order valence-electron chi connectivity index (χ4n) is 3.15. The molecule has 0 aromatic heterocycles. The Kier molecular flexibility index (Phi) is 7.27. The summed E-state index contributed by atoms with van der Waals surface area (Å²) in [7, 11) is 0. The van der Waals surface area contributed by atoms with E-state index in [1.165, 1.54) is 28.0 Å². The lowest BCUT2D eigenvalue weighted by Crippen LogP contribution is -2.55. The lowest BCUT2D eigenvalue weighted by Gasteiger charge is -2.29. The molecular formula is C20H22ClFN6O3. The van der Waals surface area contributed by atoms with Crippen molar-refractivity contribution in [1.29, 1.82) is 0 Å². The number of carbonyl (C=O) groups is 3. The first-order valence-corrected chi connectivity index (χ1v) is 9.91. The molecule has 1 saturated heterocycles. The van der Waals surface area contributed by atoms with Gasteiger partial charge in [-0.1, -0.05) is 23.7 Å². The van der Waals surface area contributed by atoms with Gasteiger partial charge in [-0.05, 0) is 36.4 Å². The molecule has 1 atom stereocenters. The van der Waals surface area contributed by atoms with Crippen LogP contribution >= 0.6 is 11.6 Å². The number of benzene rings is 2. The van der Waals surface area contributed by atoms with Crippen molar-refractivity contribution in [1.82, 2.24) is 15.1 Å². The Morgan fingerprint density at radius 3 is 2.13 bits per heavy atom. The molecule has 0 radical (unpaired) electrons. The Labute approximate surface area is 183 Å². The standard InChI is InChI=1S/C20H22ClFN6O3/c21-13-3-1-5-15(11-13)25-19(30)27-9-10-28(18(27)17(29)24-8-7-23)20(31)26-16-6-2-4-14(22)12-16/h1-6,11-12,18H,7-10,23H2,(H,24,29)(H,25,30)(H,26,31). The number of carbonyl (C=O) groups excluding carboxylic acids is 3. The number of rotatable bonds is 5. The molecule has 11 heteroatoms. The maximum absolute atomic E-state index is 13.4. The van der Waals surface area contributed by atoms with Crippen LogP contribution in [0.15, 0.2) is 48.5 Å². The van der Waals surface area contributed by atoms with Gasteiger partial charge in [0.15, 0.2) is 6.17 Å². The molecule has 1 aliphatic heterocycles. The molecule has 5 amide bonds. The minimum Gasteiger partial charge on any atom is -0.351 e. The second-order valence-corrected chi connectivity index (χ2v) is 7.16. The Balaban J connectivity index is 1.78. The van der Waals surface area contributed by atoms with Crippen LogP contribution in [0.3, 0.4) is 0 Å². The zero-order chi connectivity index (χ0) is 22.4. The summed E-state index contributed by atoms with van der Waals surface area (Å²) in [6, 6.07) is 10.7. The number of amides is 5. The molecule has 1 fully saturated rings. The number of anilines is 2. The van der Waals surface area contributed by atoms with Gasteiger partial charge in [0.2, 0.25) is 0 Å². The molecule has 0 saturated carbocycles. The van der Waals surface area contributed by atoms with Crippen LogP contribution in [0.4, 0.5) is 25.4 Å². The van der Waals surface area contributed by atoms with Gasteiger partial charge >= 0.3 is 12.1 Å². The molecule has 31 heavy (non-hydrogen) atoms. The van der Waals surface area contributed by atoms with E-state index in [-0.39, 0.29) is 31.9 Å². The summed E-state index contributed by atoms with van der Waals surface area (Å²) in [5.41, 5.74) is 6.12. The zero-order valence-corrected chi connectivity index (χ0v) is 17.2. The molecule has 1 unspecified atom stereocenters. The molecule has 5 N–H and O–H groups in total. The fourth-order valence-corrected chi connectivity index (χ4v) is 3.34. The third-order valence-corrected chi connectivity index (χ3v) is 4.76. The molecule has 1 aliphatic rings. The van der Waals surface area contributed by atoms with Gasteiger partial charge in [-0.3, -0.25) is 14.6 Å². The third kappa shape index (κ3) is 5.62. The van der Waals surface area contributed by atoms with Crippen LogP contribution in [0.5, 0.6) is 0 Å². The quantitative estimate of drug-likeness (QED) is 0.560. The maximum atomic E-state index is 13.4. The van der Waals surface area contributed by atoms with Gasteiger partial charge in [-0.25, -0.2) is 14.0 Å². The Bertz CT molecular complexity index is 908. The van der Waals surface area contributed by atoms with Crippen LogP contribution in [0.25, 0.3) is 0 Å². The third-order valence-electron chi connectivity index (χ3n) is 4.52. The van der Waals surface area contributed by atoms with Gasteiger partial charge in [0.25, 0.3) is 5.91 Å². The van der Waals surface area contributed by atoms with Crippen molar-refractivity contribution in [3.63, 3.8) is 0 Å². The van der Waals surface area contributed by atoms with E-state index in [0.717, 1.165) is 6.07 Å². The van der Waals surface area contributed by atoms with Gasteiger partial charge in [0, 0.05) is 42.6 Å². The summed E-state index contributed by atoms with van der Waals surface area (Å²) in [6.45, 7) is 0.593. The molecule has 0 aliphatic carbocycles. The molecule has 3 rings (SSSR count). The van der Waals surface area contributed by atoms with Crippen LogP contribution in [0.2, 0.25) is 5.02 Å². The van der Waals surface area contributed by atoms with E-state index in [0.29, 0.717) is 10.7 Å². The monoisotopic (exact) mass is 448 g/mol. The van der Waals surface area contributed by atoms with Crippen LogP contribution in [-0.4, -0.2) is 60.1 Å². The van der Waals surface area contributed by atoms with Crippen LogP contribution in [-0.2, 0) is 4.79 Å². The van der Waals surface area contributed by atoms with Crippen LogP contribution < -0.4 is 21.7 Å². The topological polar surface area (TPSA) is 120 Å². The molecule has 164 valence electrons. The lowest BCUT2D eigenvalue weighted by atomic mass is 10.3. The number of hydrogen-bond acceptors (Lipinski definition) is 4. The summed E-state index contributed by atoms with van der Waals surface area (Å²) in [6.07, 6.45) is -1.21. The number of nitrogens with zero attached hydrogens (tertiary/aromatic N) is 2. The highest BCUT2D eigenvalue weighted by atomic mass is 35.5. The lowest BCUT2D eigenvalue weighted by molar-refractivity contribution is -0.127. The largest absolute Gasteiger partial charge is 0.351 e. The van der Waals surface area contributed by atoms with Gasteiger partial charge in [-0.15, -0.1) is 0 Å². The minimum absolute atomic E-state index is 0.102. The van der Waals surface area contributed by atoms with E-state index in [9.17, 15) is 18.8 Å². The van der Waals surface area contributed by atoms with Crippen LogP contribution in [0.1, 0.15) is 0 Å². The van der Waals surface area contributed by atoms with Crippen molar-refractivity contribution in [3.8, 4) is 0 Å². The van der Waals surface area contributed by atoms with Crippen molar-refractivity contribution < 1.29 is 18.8 Å². The Hall–Kier alpha value is -3.37. The fraction of sp³-hybridized carbons (Fsp3) is 0.250. The average Bonchev–Trinajstić information content (AvgIpc) is 3.17. The molecule has 1 heterocycles. The Morgan fingerprint density at radius 2 is 1.58 bits per heavy atom. The van der Waals surface area contributed by atoms with Crippen LogP contribution in [0, 0.1) is 5.82 Å². The maximum Gasteiger partial charge on any atom is 0.323 e. The number of halogens is 2. The zero-order valence-electron chi connectivity index (χ0n) is 16.5. The summed E-state index contributed by atoms with van der Waals surface area (Å²) < 4.78 is 13.4. The SMILES string of the molecule is NCCNC(=O)C1N(C(=O)Nc2cccc(F)c2)CCN1C(=O)Nc1cccc(Cl)c1. The molecule has 2 aromatic carbocycles. The molecule has 9 nitrogen and oxygen atoms in total. The van der Waals surface area contributed by atoms with E-state index >= 15 is 0 Å². The molecule has 2 aromatic rings. The molecular weight excluding hydrogens is 427 g/mol. The second kappa shape index (κ2) is 10.1. The first kappa shape index (κ1) is 22.3.